The third kappa shape index (κ3) is 5.56. The predicted molar refractivity (Wildman–Crippen MR) is 257 cm³/mol. The molecule has 0 fully saturated rings. The van der Waals surface area contributed by atoms with Gasteiger partial charge in [-0.05, 0) is 150 Å². The van der Waals surface area contributed by atoms with Crippen LogP contribution in [-0.4, -0.2) is 19.9 Å². The Hall–Kier alpha value is -8.34. The molecule has 4 heterocycles. The highest BCUT2D eigenvalue weighted by Crippen LogP contribution is 2.58. The fourth-order valence-electron chi connectivity index (χ4n) is 10.9. The van der Waals surface area contributed by atoms with E-state index >= 15 is 0 Å². The van der Waals surface area contributed by atoms with E-state index in [1.54, 1.807) is 0 Å². The Morgan fingerprint density at radius 1 is 0.281 bits per heavy atom. The standard InChI is InChI=1S/C60H40N4/c1-5-23-51-47(19-1)48-20-2-6-24-52(48)59(51,55-27-9-11-33-63-55)45-17-13-15-43(39-45)58(57(41-29-35-61-36-30-41)42-31-37-62-38-32-42)44-16-14-18-46(40-44)60(56-28-10-12-34-64-56)53-25-7-3-21-49(53)50-22-4-8-26-54(50)60/h1-40H. The van der Waals surface area contributed by atoms with Gasteiger partial charge < -0.3 is 0 Å². The summed E-state index contributed by atoms with van der Waals surface area (Å²) in [6, 6.07) is 74.7. The van der Waals surface area contributed by atoms with Crippen molar-refractivity contribution in [2.24, 2.45) is 0 Å². The molecule has 300 valence electrons. The molecular weight excluding hydrogens is 777 g/mol. The van der Waals surface area contributed by atoms with Crippen LogP contribution in [0.1, 0.15) is 67.0 Å². The minimum absolute atomic E-state index is 0.675. The maximum atomic E-state index is 5.17. The monoisotopic (exact) mass is 816 g/mol. The number of rotatable bonds is 8. The maximum Gasteiger partial charge on any atom is 0.0886 e. The molecule has 0 atom stereocenters. The van der Waals surface area contributed by atoms with Crippen molar-refractivity contribution >= 4 is 11.1 Å². The van der Waals surface area contributed by atoms with E-state index in [0.717, 1.165) is 55.9 Å². The van der Waals surface area contributed by atoms with Crippen LogP contribution < -0.4 is 0 Å². The largest absolute Gasteiger partial charge is 0.265 e. The van der Waals surface area contributed by atoms with Crippen molar-refractivity contribution in [2.45, 2.75) is 10.8 Å². The molecule has 4 heteroatoms. The van der Waals surface area contributed by atoms with Gasteiger partial charge in [0, 0.05) is 37.2 Å². The van der Waals surface area contributed by atoms with Crippen LogP contribution >= 0.6 is 0 Å². The molecule has 0 saturated carbocycles. The molecule has 6 aromatic carbocycles. The summed E-state index contributed by atoms with van der Waals surface area (Å²) < 4.78 is 0. The zero-order chi connectivity index (χ0) is 42.5. The third-order valence-corrected chi connectivity index (χ3v) is 13.4. The van der Waals surface area contributed by atoms with E-state index in [2.05, 4.69) is 204 Å². The van der Waals surface area contributed by atoms with Gasteiger partial charge in [0.15, 0.2) is 0 Å². The van der Waals surface area contributed by atoms with Crippen molar-refractivity contribution in [3.63, 3.8) is 0 Å². The van der Waals surface area contributed by atoms with Crippen LogP contribution in [0.2, 0.25) is 0 Å². The van der Waals surface area contributed by atoms with Gasteiger partial charge in [0.2, 0.25) is 0 Å². The molecule has 0 bridgehead atoms. The Morgan fingerprint density at radius 2 is 0.625 bits per heavy atom. The van der Waals surface area contributed by atoms with Crippen molar-refractivity contribution in [1.29, 1.82) is 0 Å². The van der Waals surface area contributed by atoms with Crippen molar-refractivity contribution in [2.75, 3.05) is 0 Å². The second-order valence-corrected chi connectivity index (χ2v) is 16.5. The second-order valence-electron chi connectivity index (χ2n) is 16.5. The molecule has 0 radical (unpaired) electrons. The normalized spacial score (nSPS) is 13.6. The Balaban J connectivity index is 1.18. The van der Waals surface area contributed by atoms with E-state index in [4.69, 9.17) is 9.97 Å². The van der Waals surface area contributed by atoms with Crippen LogP contribution in [0.25, 0.3) is 33.4 Å². The van der Waals surface area contributed by atoms with Gasteiger partial charge in [-0.2, -0.15) is 0 Å². The lowest BCUT2D eigenvalue weighted by molar-refractivity contribution is 0.734. The topological polar surface area (TPSA) is 51.6 Å². The van der Waals surface area contributed by atoms with Gasteiger partial charge in [-0.25, -0.2) is 0 Å². The molecule has 2 aliphatic rings. The molecule has 12 rings (SSSR count). The molecular formula is C60H40N4. The first-order valence-electron chi connectivity index (χ1n) is 21.8. The Morgan fingerprint density at radius 3 is 0.984 bits per heavy atom. The molecule has 0 unspecified atom stereocenters. The Bertz CT molecular complexity index is 3060. The molecule has 4 aromatic heterocycles. The minimum atomic E-state index is -0.675. The number of hydrogen-bond acceptors (Lipinski definition) is 4. The SMILES string of the molecule is c1ccc(C2(c3cccc(C(=C(c4ccncc4)c4ccncc4)c4cccc(C5(c6ccccn6)c6ccccc6-c6ccccc65)c4)c3)c3ccccc3-c3ccccc32)nc1. The minimum Gasteiger partial charge on any atom is -0.265 e. The lowest BCUT2D eigenvalue weighted by Gasteiger charge is -2.34. The highest BCUT2D eigenvalue weighted by atomic mass is 14.7. The smallest absolute Gasteiger partial charge is 0.0886 e. The summed E-state index contributed by atoms with van der Waals surface area (Å²) in [6.45, 7) is 0. The molecule has 2 aliphatic carbocycles. The van der Waals surface area contributed by atoms with Crippen LogP contribution in [0.4, 0.5) is 0 Å². The fraction of sp³-hybridized carbons (Fsp3) is 0.0333. The van der Waals surface area contributed by atoms with Crippen molar-refractivity contribution in [1.82, 2.24) is 19.9 Å². The number of aromatic nitrogens is 4. The molecule has 10 aromatic rings. The van der Waals surface area contributed by atoms with Gasteiger partial charge in [0.1, 0.15) is 0 Å². The fourth-order valence-corrected chi connectivity index (χ4v) is 10.9. The van der Waals surface area contributed by atoms with Gasteiger partial charge in [-0.1, -0.05) is 146 Å². The average Bonchev–Trinajstić information content (AvgIpc) is 3.86. The average molecular weight is 817 g/mol. The molecule has 0 amide bonds. The summed E-state index contributed by atoms with van der Waals surface area (Å²) in [5.41, 5.74) is 19.1. The molecule has 4 nitrogen and oxygen atoms in total. The first-order valence-corrected chi connectivity index (χ1v) is 21.8. The van der Waals surface area contributed by atoms with Crippen molar-refractivity contribution in [3.05, 3.63) is 310 Å². The van der Waals surface area contributed by atoms with Crippen LogP contribution in [0, 0.1) is 0 Å². The highest BCUT2D eigenvalue weighted by Gasteiger charge is 2.48. The number of hydrogen-bond donors (Lipinski definition) is 0. The predicted octanol–water partition coefficient (Wildman–Crippen LogP) is 13.0. The number of fused-ring (bicyclic) bond motifs is 6. The van der Waals surface area contributed by atoms with Crippen molar-refractivity contribution in [3.8, 4) is 22.3 Å². The highest BCUT2D eigenvalue weighted by molar-refractivity contribution is 6.05. The quantitative estimate of drug-likeness (QED) is 0.153. The Labute approximate surface area is 373 Å². The van der Waals surface area contributed by atoms with E-state index in [9.17, 15) is 0 Å². The van der Waals surface area contributed by atoms with Gasteiger partial charge in [-0.15, -0.1) is 0 Å². The van der Waals surface area contributed by atoms with Crippen LogP contribution in [0.15, 0.2) is 243 Å². The maximum absolute atomic E-state index is 5.17. The first kappa shape index (κ1) is 37.4. The zero-order valence-corrected chi connectivity index (χ0v) is 34.9. The van der Waals surface area contributed by atoms with Gasteiger partial charge in [-0.3, -0.25) is 19.9 Å². The van der Waals surface area contributed by atoms with Crippen LogP contribution in [0.5, 0.6) is 0 Å². The van der Waals surface area contributed by atoms with Crippen LogP contribution in [-0.2, 0) is 10.8 Å². The Kier molecular flexibility index (Phi) is 8.91. The summed E-state index contributed by atoms with van der Waals surface area (Å²) in [7, 11) is 0. The van der Waals surface area contributed by atoms with E-state index in [1.807, 2.05) is 49.3 Å². The second kappa shape index (κ2) is 15.2. The lowest BCUT2D eigenvalue weighted by Crippen LogP contribution is -2.30. The van der Waals surface area contributed by atoms with Gasteiger partial charge in [0.05, 0.1) is 22.2 Å². The summed E-state index contributed by atoms with van der Waals surface area (Å²) in [6.07, 6.45) is 11.4. The summed E-state index contributed by atoms with van der Waals surface area (Å²) in [5.74, 6) is 0. The van der Waals surface area contributed by atoms with E-state index < -0.39 is 10.8 Å². The molecule has 64 heavy (non-hydrogen) atoms. The summed E-state index contributed by atoms with van der Waals surface area (Å²) in [4.78, 5) is 19.3. The summed E-state index contributed by atoms with van der Waals surface area (Å²) >= 11 is 0. The van der Waals surface area contributed by atoms with Crippen molar-refractivity contribution < 1.29 is 0 Å². The molecule has 0 spiro atoms. The number of benzene rings is 6. The van der Waals surface area contributed by atoms with E-state index in [-0.39, 0.29) is 0 Å². The zero-order valence-electron chi connectivity index (χ0n) is 34.9. The van der Waals surface area contributed by atoms with Gasteiger partial charge in [0.25, 0.3) is 0 Å². The number of nitrogens with zero attached hydrogens (tertiary/aromatic N) is 4. The van der Waals surface area contributed by atoms with Gasteiger partial charge >= 0.3 is 0 Å². The first-order chi connectivity index (χ1) is 31.8. The lowest BCUT2D eigenvalue weighted by atomic mass is 9.68. The molecule has 0 aliphatic heterocycles. The van der Waals surface area contributed by atoms with E-state index in [1.165, 1.54) is 44.5 Å². The number of pyridine rings is 4. The molecule has 0 saturated heterocycles. The third-order valence-electron chi connectivity index (χ3n) is 13.4. The van der Waals surface area contributed by atoms with E-state index in [0.29, 0.717) is 0 Å². The van der Waals surface area contributed by atoms with Crippen LogP contribution in [0.3, 0.4) is 0 Å². The molecule has 0 N–H and O–H groups in total. The summed E-state index contributed by atoms with van der Waals surface area (Å²) in [5, 5.41) is 0.